The van der Waals surface area contributed by atoms with Gasteiger partial charge in [0, 0.05) is 11.8 Å². The summed E-state index contributed by atoms with van der Waals surface area (Å²) in [4.78, 5) is 22.5. The molecule has 0 amide bonds. The molecule has 26 heavy (non-hydrogen) atoms. The third kappa shape index (κ3) is 4.17. The summed E-state index contributed by atoms with van der Waals surface area (Å²) < 4.78 is 18.4. The van der Waals surface area contributed by atoms with Gasteiger partial charge in [0.15, 0.2) is 11.6 Å². The van der Waals surface area contributed by atoms with Crippen molar-refractivity contribution in [3.63, 3.8) is 0 Å². The highest BCUT2D eigenvalue weighted by molar-refractivity contribution is 5.53. The molecule has 0 aliphatic carbocycles. The number of halogens is 1. The minimum atomic E-state index is -0.543. The molecule has 0 spiro atoms. The number of benzene rings is 2. The number of nitro benzene ring substituents is 1. The van der Waals surface area contributed by atoms with E-state index in [0.29, 0.717) is 5.69 Å². The minimum absolute atomic E-state index is 0.0502. The van der Waals surface area contributed by atoms with Crippen LogP contribution in [0.25, 0.3) is 0 Å². The van der Waals surface area contributed by atoms with Crippen LogP contribution in [0.1, 0.15) is 5.82 Å². The number of anilines is 3. The molecule has 0 saturated carbocycles. The first-order valence-corrected chi connectivity index (χ1v) is 7.40. The summed E-state index contributed by atoms with van der Waals surface area (Å²) >= 11 is 0. The summed E-state index contributed by atoms with van der Waals surface area (Å²) in [6, 6.07) is 11.6. The van der Waals surface area contributed by atoms with E-state index in [0.717, 1.165) is 0 Å². The molecule has 0 radical (unpaired) electrons. The monoisotopic (exact) mass is 356 g/mol. The molecule has 9 nitrogen and oxygen atoms in total. The van der Waals surface area contributed by atoms with Crippen LogP contribution in [0.3, 0.4) is 0 Å². The smallest absolute Gasteiger partial charge is 0.310 e. The van der Waals surface area contributed by atoms with E-state index < -0.39 is 4.92 Å². The van der Waals surface area contributed by atoms with Crippen LogP contribution in [0.4, 0.5) is 27.7 Å². The molecule has 132 valence electrons. The van der Waals surface area contributed by atoms with Gasteiger partial charge in [0.1, 0.15) is 12.4 Å². The van der Waals surface area contributed by atoms with Crippen LogP contribution < -0.4 is 15.8 Å². The molecule has 3 aromatic rings. The van der Waals surface area contributed by atoms with Crippen LogP contribution >= 0.6 is 0 Å². The Balaban J connectivity index is 1.76. The van der Waals surface area contributed by atoms with E-state index in [4.69, 9.17) is 10.5 Å². The van der Waals surface area contributed by atoms with E-state index in [2.05, 4.69) is 20.3 Å². The summed E-state index contributed by atoms with van der Waals surface area (Å²) in [6.45, 7) is -0.143. The third-order valence-corrected chi connectivity index (χ3v) is 3.22. The number of nitrogens with two attached hydrogens (primary N) is 1. The van der Waals surface area contributed by atoms with Crippen LogP contribution in [-0.2, 0) is 6.61 Å². The Morgan fingerprint density at radius 2 is 1.85 bits per heavy atom. The molecule has 0 aliphatic rings. The number of ether oxygens (including phenoxy) is 1. The van der Waals surface area contributed by atoms with Gasteiger partial charge in [-0.05, 0) is 30.3 Å². The molecule has 0 aliphatic heterocycles. The average molecular weight is 356 g/mol. The summed E-state index contributed by atoms with van der Waals surface area (Å²) in [5.74, 6) is -0.00918. The SMILES string of the molecule is Nc1nc(COc2ccccc2[N+](=O)[O-])nc(Nc2ccc(F)cc2)n1. The minimum Gasteiger partial charge on any atom is -0.479 e. The zero-order valence-corrected chi connectivity index (χ0v) is 13.3. The Hall–Kier alpha value is -3.82. The molecular weight excluding hydrogens is 343 g/mol. The molecule has 3 N–H and O–H groups in total. The molecule has 0 unspecified atom stereocenters. The number of nitrogens with zero attached hydrogens (tertiary/aromatic N) is 4. The number of hydrogen-bond acceptors (Lipinski definition) is 8. The first-order chi connectivity index (χ1) is 12.5. The van der Waals surface area contributed by atoms with E-state index >= 15 is 0 Å². The van der Waals surface area contributed by atoms with Crippen molar-refractivity contribution in [2.75, 3.05) is 11.1 Å². The molecule has 0 saturated heterocycles. The number of nitro groups is 1. The molecule has 0 fully saturated rings. The molecule has 10 heteroatoms. The van der Waals surface area contributed by atoms with E-state index in [1.54, 1.807) is 6.07 Å². The van der Waals surface area contributed by atoms with Gasteiger partial charge in [-0.25, -0.2) is 4.39 Å². The Morgan fingerprint density at radius 3 is 2.58 bits per heavy atom. The van der Waals surface area contributed by atoms with Gasteiger partial charge in [-0.3, -0.25) is 10.1 Å². The second-order valence-corrected chi connectivity index (χ2v) is 5.08. The van der Waals surface area contributed by atoms with E-state index in [-0.39, 0.29) is 41.6 Å². The summed E-state index contributed by atoms with van der Waals surface area (Å²) in [5.41, 5.74) is 6.05. The fourth-order valence-electron chi connectivity index (χ4n) is 2.09. The Morgan fingerprint density at radius 1 is 1.12 bits per heavy atom. The number of hydrogen-bond donors (Lipinski definition) is 2. The van der Waals surface area contributed by atoms with E-state index in [9.17, 15) is 14.5 Å². The predicted octanol–water partition coefficient (Wildman–Crippen LogP) is 2.82. The lowest BCUT2D eigenvalue weighted by Crippen LogP contribution is -2.09. The maximum atomic E-state index is 13.0. The van der Waals surface area contributed by atoms with Crippen molar-refractivity contribution >= 4 is 23.3 Å². The second-order valence-electron chi connectivity index (χ2n) is 5.08. The van der Waals surface area contributed by atoms with Crippen molar-refractivity contribution in [3.8, 4) is 5.75 Å². The predicted molar refractivity (Wildman–Crippen MR) is 91.4 cm³/mol. The van der Waals surface area contributed by atoms with E-state index in [1.807, 2.05) is 0 Å². The molecule has 0 bridgehead atoms. The van der Waals surface area contributed by atoms with Gasteiger partial charge in [0.25, 0.3) is 0 Å². The fraction of sp³-hybridized carbons (Fsp3) is 0.0625. The zero-order chi connectivity index (χ0) is 18.5. The van der Waals surface area contributed by atoms with Crippen molar-refractivity contribution in [1.29, 1.82) is 0 Å². The first-order valence-electron chi connectivity index (χ1n) is 7.40. The Kier molecular flexibility index (Phi) is 4.83. The molecule has 3 rings (SSSR count). The standard InChI is InChI=1S/C16H13FN6O3/c17-10-5-7-11(8-6-10)19-16-21-14(20-15(18)22-16)9-26-13-4-2-1-3-12(13)23(24)25/h1-8H,9H2,(H3,18,19,20,21,22). The average Bonchev–Trinajstić information content (AvgIpc) is 2.62. The highest BCUT2D eigenvalue weighted by Gasteiger charge is 2.14. The zero-order valence-electron chi connectivity index (χ0n) is 13.3. The maximum absolute atomic E-state index is 13.0. The lowest BCUT2D eigenvalue weighted by molar-refractivity contribution is -0.385. The lowest BCUT2D eigenvalue weighted by Gasteiger charge is -2.09. The summed E-state index contributed by atoms with van der Waals surface area (Å²) in [5, 5.41) is 13.9. The van der Waals surface area contributed by atoms with Gasteiger partial charge in [0.2, 0.25) is 11.9 Å². The second kappa shape index (κ2) is 7.38. The number of aromatic nitrogens is 3. The van der Waals surface area contributed by atoms with Crippen LogP contribution in [0, 0.1) is 15.9 Å². The number of para-hydroxylation sites is 2. The van der Waals surface area contributed by atoms with E-state index in [1.165, 1.54) is 42.5 Å². The van der Waals surface area contributed by atoms with Crippen LogP contribution in [0.2, 0.25) is 0 Å². The van der Waals surface area contributed by atoms with Crippen molar-refractivity contribution in [2.24, 2.45) is 0 Å². The highest BCUT2D eigenvalue weighted by atomic mass is 19.1. The first kappa shape index (κ1) is 17.0. The summed E-state index contributed by atoms with van der Waals surface area (Å²) in [6.07, 6.45) is 0. The lowest BCUT2D eigenvalue weighted by atomic mass is 10.3. The van der Waals surface area contributed by atoms with Gasteiger partial charge in [-0.15, -0.1) is 0 Å². The van der Waals surface area contributed by atoms with Gasteiger partial charge < -0.3 is 15.8 Å². The van der Waals surface area contributed by atoms with Gasteiger partial charge in [0.05, 0.1) is 4.92 Å². The number of nitrogen functional groups attached to an aromatic ring is 1. The van der Waals surface area contributed by atoms with Gasteiger partial charge >= 0.3 is 5.69 Å². The number of nitrogens with one attached hydrogen (secondary N) is 1. The molecule has 1 aromatic heterocycles. The van der Waals surface area contributed by atoms with Crippen LogP contribution in [0.15, 0.2) is 48.5 Å². The Bertz CT molecular complexity index is 936. The van der Waals surface area contributed by atoms with Gasteiger partial charge in [-0.2, -0.15) is 15.0 Å². The summed E-state index contributed by atoms with van der Waals surface area (Å²) in [7, 11) is 0. The quantitative estimate of drug-likeness (QED) is 0.509. The highest BCUT2D eigenvalue weighted by Crippen LogP contribution is 2.26. The van der Waals surface area contributed by atoms with Gasteiger partial charge in [-0.1, -0.05) is 12.1 Å². The van der Waals surface area contributed by atoms with Crippen LogP contribution in [-0.4, -0.2) is 19.9 Å². The molecule has 2 aromatic carbocycles. The topological polar surface area (TPSA) is 129 Å². The van der Waals surface area contributed by atoms with Crippen molar-refractivity contribution in [3.05, 3.63) is 70.3 Å². The largest absolute Gasteiger partial charge is 0.479 e. The normalized spacial score (nSPS) is 10.3. The van der Waals surface area contributed by atoms with Crippen molar-refractivity contribution < 1.29 is 14.1 Å². The van der Waals surface area contributed by atoms with Crippen molar-refractivity contribution in [2.45, 2.75) is 6.61 Å². The van der Waals surface area contributed by atoms with Crippen molar-refractivity contribution in [1.82, 2.24) is 15.0 Å². The number of rotatable bonds is 6. The molecule has 1 heterocycles. The fourth-order valence-corrected chi connectivity index (χ4v) is 2.09. The Labute approximate surface area is 146 Å². The molecule has 0 atom stereocenters. The third-order valence-electron chi connectivity index (χ3n) is 3.22. The maximum Gasteiger partial charge on any atom is 0.310 e. The molecular formula is C16H13FN6O3. The van der Waals surface area contributed by atoms with Crippen LogP contribution in [0.5, 0.6) is 5.75 Å².